The maximum Gasteiger partial charge on any atom is 0.146 e. The molecule has 0 saturated heterocycles. The summed E-state index contributed by atoms with van der Waals surface area (Å²) >= 11 is 0. The van der Waals surface area contributed by atoms with Crippen molar-refractivity contribution in [3.8, 4) is 28.2 Å². The molecule has 54 heavy (non-hydrogen) atoms. The van der Waals surface area contributed by atoms with Gasteiger partial charge in [0.2, 0.25) is 0 Å². The van der Waals surface area contributed by atoms with E-state index in [2.05, 4.69) is 191 Å². The van der Waals surface area contributed by atoms with Crippen molar-refractivity contribution < 1.29 is 0 Å². The Morgan fingerprint density at radius 3 is 1.78 bits per heavy atom. The largest absolute Gasteiger partial charge is 0.292 e. The number of hydrogen-bond acceptors (Lipinski definition) is 2. The van der Waals surface area contributed by atoms with Gasteiger partial charge >= 0.3 is 0 Å². The van der Waals surface area contributed by atoms with Crippen molar-refractivity contribution >= 4 is 81.7 Å². The number of fused-ring (bicyclic) bond motifs is 15. The highest BCUT2D eigenvalue weighted by atomic mass is 15.1. The van der Waals surface area contributed by atoms with Crippen LogP contribution in [0.15, 0.2) is 182 Å². The fraction of sp³-hybridized carbons (Fsp3) is 0. The molecule has 0 atom stereocenters. The van der Waals surface area contributed by atoms with Crippen LogP contribution >= 0.6 is 0 Å². The third-order valence-corrected chi connectivity index (χ3v) is 11.2. The van der Waals surface area contributed by atoms with Gasteiger partial charge in [-0.15, -0.1) is 0 Å². The predicted octanol–water partition coefficient (Wildman–Crippen LogP) is 12.9. The molecule has 0 fully saturated rings. The van der Waals surface area contributed by atoms with Crippen molar-refractivity contribution in [3.63, 3.8) is 0 Å². The summed E-state index contributed by atoms with van der Waals surface area (Å²) in [6.07, 6.45) is 0. The molecule has 0 aliphatic carbocycles. The van der Waals surface area contributed by atoms with Crippen LogP contribution in [0.25, 0.3) is 110 Å². The molecule has 0 aliphatic rings. The highest BCUT2D eigenvalue weighted by Crippen LogP contribution is 2.41. The van der Waals surface area contributed by atoms with Gasteiger partial charge < -0.3 is 0 Å². The molecular weight excluding hydrogens is 657 g/mol. The minimum Gasteiger partial charge on any atom is -0.292 e. The van der Waals surface area contributed by atoms with E-state index in [4.69, 9.17) is 9.97 Å². The first-order chi connectivity index (χ1) is 26.8. The van der Waals surface area contributed by atoms with Gasteiger partial charge in [-0.25, -0.2) is 9.97 Å². The number of hydrogen-bond donors (Lipinski definition) is 0. The molecule has 0 amide bonds. The summed E-state index contributed by atoms with van der Waals surface area (Å²) < 4.78 is 4.65. The van der Waals surface area contributed by atoms with Gasteiger partial charge in [-0.05, 0) is 92.7 Å². The van der Waals surface area contributed by atoms with Crippen LogP contribution in [0.2, 0.25) is 0 Å². The van der Waals surface area contributed by atoms with Gasteiger partial charge in [0.05, 0.1) is 27.6 Å². The minimum atomic E-state index is 0.939. The maximum absolute atomic E-state index is 5.44. The first-order valence-corrected chi connectivity index (χ1v) is 18.4. The van der Waals surface area contributed by atoms with Crippen molar-refractivity contribution in [2.45, 2.75) is 0 Å². The number of pyridine rings is 1. The summed E-state index contributed by atoms with van der Waals surface area (Å²) in [6.45, 7) is 0. The predicted molar refractivity (Wildman–Crippen MR) is 226 cm³/mol. The molecule has 0 radical (unpaired) electrons. The van der Waals surface area contributed by atoms with Crippen LogP contribution in [-0.2, 0) is 0 Å². The van der Waals surface area contributed by atoms with Crippen LogP contribution in [0.4, 0.5) is 0 Å². The number of imidazole rings is 2. The van der Waals surface area contributed by atoms with E-state index in [1.807, 2.05) is 0 Å². The van der Waals surface area contributed by atoms with E-state index in [1.165, 1.54) is 54.2 Å². The fourth-order valence-corrected chi connectivity index (χ4v) is 8.78. The Kier molecular flexibility index (Phi) is 6.02. The molecule has 0 aliphatic heterocycles. The van der Waals surface area contributed by atoms with Gasteiger partial charge in [0.25, 0.3) is 0 Å². The maximum atomic E-state index is 5.44. The standard InChI is InChI=1S/C50H30N4/c1-2-12-36(13-3-1)53-46-21-11-9-19-44(46)51-49(53)35-25-24-31-28-32(22-23-33(31)29-35)34-26-27-42-43(30-34)39-16-8-10-20-45(39)54-48-41-18-7-5-15-38(41)37-14-4-6-17-40(37)47(48)52-50(42)54/h1-30H. The van der Waals surface area contributed by atoms with Gasteiger partial charge in [-0.2, -0.15) is 0 Å². The molecule has 0 unspecified atom stereocenters. The lowest BCUT2D eigenvalue weighted by molar-refractivity contribution is 1.10. The summed E-state index contributed by atoms with van der Waals surface area (Å²) in [6, 6.07) is 65.4. The highest BCUT2D eigenvalue weighted by molar-refractivity contribution is 6.26. The first-order valence-electron chi connectivity index (χ1n) is 18.4. The van der Waals surface area contributed by atoms with Gasteiger partial charge in [-0.3, -0.25) is 8.97 Å². The Morgan fingerprint density at radius 1 is 0.370 bits per heavy atom. The van der Waals surface area contributed by atoms with Gasteiger partial charge in [0, 0.05) is 32.8 Å². The number of benzene rings is 9. The molecule has 0 N–H and O–H groups in total. The van der Waals surface area contributed by atoms with Crippen molar-refractivity contribution in [1.82, 2.24) is 18.9 Å². The van der Waals surface area contributed by atoms with E-state index in [0.717, 1.165) is 55.7 Å². The molecule has 0 saturated carbocycles. The summed E-state index contributed by atoms with van der Waals surface area (Å²) in [5.74, 6) is 0.939. The highest BCUT2D eigenvalue weighted by Gasteiger charge is 2.19. The van der Waals surface area contributed by atoms with E-state index in [1.54, 1.807) is 0 Å². The topological polar surface area (TPSA) is 35.1 Å². The van der Waals surface area contributed by atoms with E-state index < -0.39 is 0 Å². The normalized spacial score (nSPS) is 12.1. The molecule has 0 spiro atoms. The third kappa shape index (κ3) is 4.13. The van der Waals surface area contributed by atoms with Crippen LogP contribution in [-0.4, -0.2) is 18.9 Å². The molecule has 12 rings (SSSR count). The Hall–Kier alpha value is -7.30. The quantitative estimate of drug-likeness (QED) is 0.173. The van der Waals surface area contributed by atoms with Crippen molar-refractivity contribution in [3.05, 3.63) is 182 Å². The average molecular weight is 687 g/mol. The molecule has 3 aromatic heterocycles. The Balaban J connectivity index is 1.03. The molecule has 4 heteroatoms. The van der Waals surface area contributed by atoms with Crippen molar-refractivity contribution in [2.24, 2.45) is 0 Å². The number of aromatic nitrogens is 4. The third-order valence-electron chi connectivity index (χ3n) is 11.2. The lowest BCUT2D eigenvalue weighted by atomic mass is 9.96. The second-order valence-electron chi connectivity index (χ2n) is 14.2. The molecule has 12 aromatic rings. The SMILES string of the molecule is c1ccc(-n2c(-c3ccc4cc(-c5ccc6c(c5)c5ccccc5n5c6nc6c7ccccc7c7ccccc7c65)ccc4c3)nc3ccccc32)cc1. The number of nitrogens with zero attached hydrogens (tertiary/aromatic N) is 4. The summed E-state index contributed by atoms with van der Waals surface area (Å²) in [4.78, 5) is 10.5. The zero-order valence-electron chi connectivity index (χ0n) is 29.1. The Bertz CT molecular complexity index is 3500. The Morgan fingerprint density at radius 2 is 0.963 bits per heavy atom. The van der Waals surface area contributed by atoms with Crippen LogP contribution < -0.4 is 0 Å². The molecular formula is C50H30N4. The van der Waals surface area contributed by atoms with Crippen LogP contribution in [0.1, 0.15) is 0 Å². The molecule has 3 heterocycles. The number of para-hydroxylation sites is 4. The van der Waals surface area contributed by atoms with Crippen LogP contribution in [0.5, 0.6) is 0 Å². The van der Waals surface area contributed by atoms with Crippen molar-refractivity contribution in [1.29, 1.82) is 0 Å². The fourth-order valence-electron chi connectivity index (χ4n) is 8.78. The average Bonchev–Trinajstić information content (AvgIpc) is 3.84. The molecule has 9 aromatic carbocycles. The summed E-state index contributed by atoms with van der Waals surface area (Å²) in [5.41, 5.74) is 11.0. The van der Waals surface area contributed by atoms with Gasteiger partial charge in [0.1, 0.15) is 11.5 Å². The van der Waals surface area contributed by atoms with Crippen LogP contribution in [0.3, 0.4) is 0 Å². The zero-order chi connectivity index (χ0) is 35.3. The van der Waals surface area contributed by atoms with Crippen LogP contribution in [0, 0.1) is 0 Å². The molecule has 4 nitrogen and oxygen atoms in total. The number of rotatable bonds is 3. The molecule has 250 valence electrons. The first kappa shape index (κ1) is 29.3. The van der Waals surface area contributed by atoms with E-state index >= 15 is 0 Å². The Labute approximate surface area is 309 Å². The second kappa shape index (κ2) is 11.1. The summed E-state index contributed by atoms with van der Waals surface area (Å²) in [7, 11) is 0. The van der Waals surface area contributed by atoms with E-state index in [9.17, 15) is 0 Å². The molecule has 0 bridgehead atoms. The van der Waals surface area contributed by atoms with E-state index in [0.29, 0.717) is 0 Å². The smallest absolute Gasteiger partial charge is 0.146 e. The van der Waals surface area contributed by atoms with Crippen molar-refractivity contribution in [2.75, 3.05) is 0 Å². The van der Waals surface area contributed by atoms with E-state index in [-0.39, 0.29) is 0 Å². The zero-order valence-corrected chi connectivity index (χ0v) is 29.1. The monoisotopic (exact) mass is 686 g/mol. The second-order valence-corrected chi connectivity index (χ2v) is 14.2. The van der Waals surface area contributed by atoms with Gasteiger partial charge in [0.15, 0.2) is 0 Å². The lowest BCUT2D eigenvalue weighted by Crippen LogP contribution is -1.97. The van der Waals surface area contributed by atoms with Gasteiger partial charge in [-0.1, -0.05) is 127 Å². The summed E-state index contributed by atoms with van der Waals surface area (Å²) in [5, 5.41) is 10.8. The minimum absolute atomic E-state index is 0.939. The lowest BCUT2D eigenvalue weighted by Gasteiger charge is -2.13.